The van der Waals surface area contributed by atoms with Crippen LogP contribution >= 0.6 is 11.3 Å². The second-order valence-corrected chi connectivity index (χ2v) is 5.09. The van der Waals surface area contributed by atoms with Gasteiger partial charge in [0.25, 0.3) is 0 Å². The summed E-state index contributed by atoms with van der Waals surface area (Å²) in [5.41, 5.74) is 1.19. The van der Waals surface area contributed by atoms with E-state index in [0.29, 0.717) is 12.3 Å². The van der Waals surface area contributed by atoms with Crippen molar-refractivity contribution in [3.05, 3.63) is 28.7 Å². The van der Waals surface area contributed by atoms with Crippen LogP contribution in [-0.4, -0.2) is 15.7 Å². The van der Waals surface area contributed by atoms with E-state index in [4.69, 9.17) is 0 Å². The van der Waals surface area contributed by atoms with Crippen molar-refractivity contribution in [3.63, 3.8) is 0 Å². The number of rotatable bonds is 2. The van der Waals surface area contributed by atoms with E-state index in [9.17, 15) is 5.11 Å². The Morgan fingerprint density at radius 1 is 1.71 bits per heavy atom. The van der Waals surface area contributed by atoms with E-state index < -0.39 is 5.60 Å². The maximum Gasteiger partial charge on any atom is 0.0876 e. The molecule has 0 radical (unpaired) electrons. The zero-order valence-electron chi connectivity index (χ0n) is 8.31. The van der Waals surface area contributed by atoms with Crippen LogP contribution < -0.4 is 0 Å². The summed E-state index contributed by atoms with van der Waals surface area (Å²) >= 11 is 1.61. The average molecular weight is 209 g/mol. The maximum atomic E-state index is 10.3. The van der Waals surface area contributed by atoms with Gasteiger partial charge in [0.15, 0.2) is 0 Å². The van der Waals surface area contributed by atoms with E-state index >= 15 is 0 Å². The number of thiazole rings is 1. The lowest BCUT2D eigenvalue weighted by Gasteiger charge is -2.29. The summed E-state index contributed by atoms with van der Waals surface area (Å²) in [4.78, 5) is 5.18. The molecular formula is C11H15NOS. The van der Waals surface area contributed by atoms with E-state index in [1.54, 1.807) is 11.3 Å². The molecule has 0 saturated carbocycles. The van der Waals surface area contributed by atoms with Gasteiger partial charge in [0.2, 0.25) is 0 Å². The molecule has 0 aromatic carbocycles. The van der Waals surface area contributed by atoms with Gasteiger partial charge >= 0.3 is 0 Å². The molecule has 0 spiro atoms. The predicted octanol–water partition coefficient (Wildman–Crippen LogP) is 2.40. The van der Waals surface area contributed by atoms with Gasteiger partial charge in [0.1, 0.15) is 0 Å². The molecule has 2 unspecified atom stereocenters. The minimum Gasteiger partial charge on any atom is -0.385 e. The van der Waals surface area contributed by atoms with E-state index in [-0.39, 0.29) is 0 Å². The molecule has 2 rings (SSSR count). The topological polar surface area (TPSA) is 33.1 Å². The summed E-state index contributed by atoms with van der Waals surface area (Å²) in [6.07, 6.45) is 8.56. The molecule has 2 atom stereocenters. The van der Waals surface area contributed by atoms with Gasteiger partial charge in [-0.15, -0.1) is 11.3 Å². The third-order valence-electron chi connectivity index (χ3n) is 2.73. The molecule has 0 saturated heterocycles. The molecule has 0 fully saturated rings. The lowest BCUT2D eigenvalue weighted by molar-refractivity contribution is 0.0708. The molecule has 1 N–H and O–H groups in total. The highest BCUT2D eigenvalue weighted by molar-refractivity contribution is 7.09. The Balaban J connectivity index is 2.07. The Bertz CT molecular complexity index is 320. The summed E-state index contributed by atoms with van der Waals surface area (Å²) in [6.45, 7) is 2.18. The first-order valence-electron chi connectivity index (χ1n) is 4.97. The Morgan fingerprint density at radius 2 is 2.57 bits per heavy atom. The van der Waals surface area contributed by atoms with Crippen LogP contribution in [0.15, 0.2) is 23.9 Å². The highest BCUT2D eigenvalue weighted by Crippen LogP contribution is 2.29. The predicted molar refractivity (Wildman–Crippen MR) is 58.3 cm³/mol. The van der Waals surface area contributed by atoms with Gasteiger partial charge in [-0.3, -0.25) is 4.98 Å². The van der Waals surface area contributed by atoms with Gasteiger partial charge in [-0.1, -0.05) is 19.1 Å². The number of aliphatic hydroxyl groups is 1. The van der Waals surface area contributed by atoms with Crippen molar-refractivity contribution in [1.82, 2.24) is 4.98 Å². The van der Waals surface area contributed by atoms with Gasteiger partial charge in [0.05, 0.1) is 11.1 Å². The molecule has 3 heteroatoms. The van der Waals surface area contributed by atoms with Crippen LogP contribution in [0.25, 0.3) is 0 Å². The first kappa shape index (κ1) is 9.87. The number of aromatic nitrogens is 1. The Kier molecular flexibility index (Phi) is 2.70. The quantitative estimate of drug-likeness (QED) is 0.759. The van der Waals surface area contributed by atoms with Crippen LogP contribution in [0.4, 0.5) is 0 Å². The second kappa shape index (κ2) is 3.83. The maximum absolute atomic E-state index is 10.3. The van der Waals surface area contributed by atoms with Crippen molar-refractivity contribution in [2.24, 2.45) is 5.92 Å². The molecule has 1 aliphatic carbocycles. The SMILES string of the molecule is CC1C=CC(O)(Cc2cncs2)CC1. The van der Waals surface area contributed by atoms with Crippen molar-refractivity contribution < 1.29 is 5.11 Å². The second-order valence-electron chi connectivity index (χ2n) is 4.12. The molecule has 2 nitrogen and oxygen atoms in total. The van der Waals surface area contributed by atoms with E-state index in [2.05, 4.69) is 18.0 Å². The highest BCUT2D eigenvalue weighted by atomic mass is 32.1. The zero-order chi connectivity index (χ0) is 10.0. The first-order valence-corrected chi connectivity index (χ1v) is 5.85. The third kappa shape index (κ3) is 2.22. The number of nitrogens with zero attached hydrogens (tertiary/aromatic N) is 1. The Labute approximate surface area is 88.3 Å². The molecule has 1 aromatic rings. The Morgan fingerprint density at radius 3 is 3.14 bits per heavy atom. The van der Waals surface area contributed by atoms with E-state index in [1.807, 2.05) is 17.8 Å². The summed E-state index contributed by atoms with van der Waals surface area (Å²) in [6, 6.07) is 0. The number of hydrogen-bond acceptors (Lipinski definition) is 3. The van der Waals surface area contributed by atoms with Gasteiger partial charge in [-0.2, -0.15) is 0 Å². The molecule has 0 bridgehead atoms. The Hall–Kier alpha value is -0.670. The zero-order valence-corrected chi connectivity index (χ0v) is 9.13. The molecular weight excluding hydrogens is 194 g/mol. The van der Waals surface area contributed by atoms with Gasteiger partial charge < -0.3 is 5.11 Å². The van der Waals surface area contributed by atoms with Gasteiger partial charge in [-0.05, 0) is 18.8 Å². The van der Waals surface area contributed by atoms with Crippen molar-refractivity contribution >= 4 is 11.3 Å². The fraction of sp³-hybridized carbons (Fsp3) is 0.545. The number of allylic oxidation sites excluding steroid dienone is 1. The van der Waals surface area contributed by atoms with Gasteiger partial charge in [-0.25, -0.2) is 0 Å². The summed E-state index contributed by atoms with van der Waals surface area (Å²) in [5, 5.41) is 10.3. The van der Waals surface area contributed by atoms with Crippen LogP contribution in [-0.2, 0) is 6.42 Å². The smallest absolute Gasteiger partial charge is 0.0876 e. The van der Waals surface area contributed by atoms with Crippen LogP contribution in [0, 0.1) is 5.92 Å². The van der Waals surface area contributed by atoms with Crippen molar-refractivity contribution in [3.8, 4) is 0 Å². The summed E-state index contributed by atoms with van der Waals surface area (Å²) in [5.74, 6) is 0.608. The monoisotopic (exact) mass is 209 g/mol. The van der Waals surface area contributed by atoms with Crippen molar-refractivity contribution in [2.75, 3.05) is 0 Å². The van der Waals surface area contributed by atoms with Crippen LogP contribution in [0.3, 0.4) is 0 Å². The summed E-state index contributed by atoms with van der Waals surface area (Å²) in [7, 11) is 0. The fourth-order valence-electron chi connectivity index (χ4n) is 1.78. The van der Waals surface area contributed by atoms with Crippen molar-refractivity contribution in [2.45, 2.75) is 31.8 Å². The van der Waals surface area contributed by atoms with Crippen molar-refractivity contribution in [1.29, 1.82) is 0 Å². The lowest BCUT2D eigenvalue weighted by atomic mass is 9.84. The average Bonchev–Trinajstić information content (AvgIpc) is 2.63. The van der Waals surface area contributed by atoms with Crippen LogP contribution in [0.2, 0.25) is 0 Å². The molecule has 76 valence electrons. The standard InChI is InChI=1S/C11H15NOS/c1-9-2-4-11(13,5-3-9)6-10-7-12-8-14-10/h2,4,7-9,13H,3,5-6H2,1H3. The van der Waals surface area contributed by atoms with E-state index in [0.717, 1.165) is 17.7 Å². The minimum absolute atomic E-state index is 0.608. The highest BCUT2D eigenvalue weighted by Gasteiger charge is 2.27. The molecule has 1 aromatic heterocycles. The molecule has 1 aliphatic rings. The molecule has 1 heterocycles. The lowest BCUT2D eigenvalue weighted by Crippen LogP contribution is -2.31. The third-order valence-corrected chi connectivity index (χ3v) is 3.51. The van der Waals surface area contributed by atoms with Crippen LogP contribution in [0.5, 0.6) is 0 Å². The molecule has 0 amide bonds. The fourth-order valence-corrected chi connectivity index (χ4v) is 2.49. The van der Waals surface area contributed by atoms with Gasteiger partial charge in [0, 0.05) is 17.5 Å². The normalized spacial score (nSPS) is 32.0. The largest absolute Gasteiger partial charge is 0.385 e. The number of hydrogen-bond donors (Lipinski definition) is 1. The van der Waals surface area contributed by atoms with E-state index in [1.165, 1.54) is 0 Å². The molecule has 0 aliphatic heterocycles. The minimum atomic E-state index is -0.626. The summed E-state index contributed by atoms with van der Waals surface area (Å²) < 4.78 is 0. The first-order chi connectivity index (χ1) is 6.68. The molecule has 14 heavy (non-hydrogen) atoms. The van der Waals surface area contributed by atoms with Crippen LogP contribution in [0.1, 0.15) is 24.6 Å².